The molecule has 0 radical (unpaired) electrons. The minimum Gasteiger partial charge on any atom is -0.394 e. The van der Waals surface area contributed by atoms with Gasteiger partial charge in [0.1, 0.15) is 0 Å². The van der Waals surface area contributed by atoms with E-state index in [2.05, 4.69) is 21.2 Å². The maximum absolute atomic E-state index is 9.42. The van der Waals surface area contributed by atoms with E-state index in [9.17, 15) is 5.11 Å². The molecule has 1 heterocycles. The average molecular weight is 302 g/mol. The Morgan fingerprint density at radius 3 is 2.75 bits per heavy atom. The molecule has 1 aliphatic rings. The van der Waals surface area contributed by atoms with E-state index in [1.807, 2.05) is 36.0 Å². The normalized spacial score (nSPS) is 22.0. The molecule has 1 aromatic rings. The molecule has 0 amide bonds. The van der Waals surface area contributed by atoms with Crippen molar-refractivity contribution >= 4 is 33.4 Å². The highest BCUT2D eigenvalue weighted by Gasteiger charge is 2.24. The summed E-state index contributed by atoms with van der Waals surface area (Å²) in [5.74, 6) is 2.98. The van der Waals surface area contributed by atoms with Gasteiger partial charge in [-0.3, -0.25) is 0 Å². The van der Waals surface area contributed by atoms with Crippen LogP contribution in [0.15, 0.2) is 28.7 Å². The van der Waals surface area contributed by atoms with E-state index < -0.39 is 0 Å². The first kappa shape index (κ1) is 12.3. The zero-order valence-corrected chi connectivity index (χ0v) is 11.4. The van der Waals surface area contributed by atoms with E-state index in [-0.39, 0.29) is 12.6 Å². The van der Waals surface area contributed by atoms with Gasteiger partial charge in [0.05, 0.1) is 12.6 Å². The van der Waals surface area contributed by atoms with Gasteiger partial charge >= 0.3 is 0 Å². The molecule has 1 aliphatic heterocycles. The fraction of sp³-hybridized carbons (Fsp3) is 0.500. The van der Waals surface area contributed by atoms with Gasteiger partial charge in [-0.1, -0.05) is 15.9 Å². The van der Waals surface area contributed by atoms with Gasteiger partial charge in [0.25, 0.3) is 0 Å². The van der Waals surface area contributed by atoms with Crippen molar-refractivity contribution in [2.45, 2.75) is 12.5 Å². The predicted octanol–water partition coefficient (Wildman–Crippen LogP) is 2.98. The third kappa shape index (κ3) is 3.15. The lowest BCUT2D eigenvalue weighted by atomic mass is 9.99. The van der Waals surface area contributed by atoms with E-state index in [4.69, 9.17) is 0 Å². The van der Waals surface area contributed by atoms with E-state index in [1.54, 1.807) is 0 Å². The molecule has 0 spiro atoms. The summed E-state index contributed by atoms with van der Waals surface area (Å²) in [6.45, 7) is 0.210. The second-order valence-corrected chi connectivity index (χ2v) is 6.13. The molecule has 0 aromatic heterocycles. The number of benzene rings is 1. The third-order valence-corrected chi connectivity index (χ3v) is 4.64. The Bertz CT molecular complexity index is 324. The number of hydrogen-bond acceptors (Lipinski definition) is 3. The highest BCUT2D eigenvalue weighted by molar-refractivity contribution is 9.10. The van der Waals surface area contributed by atoms with Crippen molar-refractivity contribution in [3.8, 4) is 0 Å². The zero-order valence-electron chi connectivity index (χ0n) is 9.03. The van der Waals surface area contributed by atoms with Crippen molar-refractivity contribution in [1.29, 1.82) is 0 Å². The van der Waals surface area contributed by atoms with Crippen LogP contribution in [0.2, 0.25) is 0 Å². The second kappa shape index (κ2) is 5.94. The van der Waals surface area contributed by atoms with Crippen molar-refractivity contribution in [3.05, 3.63) is 28.7 Å². The number of halogens is 1. The SMILES string of the molecule is OCC(Nc1ccc(Br)cc1)C1CCSC1. The summed E-state index contributed by atoms with van der Waals surface area (Å²) >= 11 is 5.39. The van der Waals surface area contributed by atoms with Crippen LogP contribution >= 0.6 is 27.7 Å². The summed E-state index contributed by atoms with van der Waals surface area (Å²) in [6, 6.07) is 8.29. The Kier molecular flexibility index (Phi) is 4.55. The first-order valence-corrected chi connectivity index (χ1v) is 7.45. The van der Waals surface area contributed by atoms with Gasteiger partial charge in [-0.15, -0.1) is 0 Å². The summed E-state index contributed by atoms with van der Waals surface area (Å²) in [5.41, 5.74) is 1.08. The smallest absolute Gasteiger partial charge is 0.0635 e. The van der Waals surface area contributed by atoms with E-state index >= 15 is 0 Å². The Hall–Kier alpha value is -0.190. The molecule has 0 aliphatic carbocycles. The second-order valence-electron chi connectivity index (χ2n) is 4.06. The van der Waals surface area contributed by atoms with Crippen molar-refractivity contribution < 1.29 is 5.11 Å². The van der Waals surface area contributed by atoms with Crippen LogP contribution in [0.5, 0.6) is 0 Å². The van der Waals surface area contributed by atoms with Crippen molar-refractivity contribution in [1.82, 2.24) is 0 Å². The maximum Gasteiger partial charge on any atom is 0.0635 e. The van der Waals surface area contributed by atoms with Gasteiger partial charge in [-0.25, -0.2) is 0 Å². The molecule has 88 valence electrons. The lowest BCUT2D eigenvalue weighted by Crippen LogP contribution is -2.32. The number of hydrogen-bond donors (Lipinski definition) is 2. The van der Waals surface area contributed by atoms with Crippen molar-refractivity contribution in [3.63, 3.8) is 0 Å². The van der Waals surface area contributed by atoms with Crippen molar-refractivity contribution in [2.24, 2.45) is 5.92 Å². The third-order valence-electron chi connectivity index (χ3n) is 2.93. The van der Waals surface area contributed by atoms with Crippen LogP contribution in [0.1, 0.15) is 6.42 Å². The molecule has 2 rings (SSSR count). The fourth-order valence-electron chi connectivity index (χ4n) is 1.94. The molecule has 2 atom stereocenters. The number of nitrogens with one attached hydrogen (secondary N) is 1. The van der Waals surface area contributed by atoms with Crippen LogP contribution in [0.25, 0.3) is 0 Å². The number of aliphatic hydroxyl groups is 1. The van der Waals surface area contributed by atoms with Gasteiger partial charge in [0.15, 0.2) is 0 Å². The standard InChI is InChI=1S/C12H16BrNOS/c13-10-1-3-11(4-2-10)14-12(7-15)9-5-6-16-8-9/h1-4,9,12,14-15H,5-8H2. The molecule has 1 saturated heterocycles. The summed E-state index contributed by atoms with van der Waals surface area (Å²) in [4.78, 5) is 0. The summed E-state index contributed by atoms with van der Waals surface area (Å²) < 4.78 is 1.08. The zero-order chi connectivity index (χ0) is 11.4. The summed E-state index contributed by atoms with van der Waals surface area (Å²) in [7, 11) is 0. The van der Waals surface area contributed by atoms with Gasteiger partial charge in [0, 0.05) is 10.2 Å². The number of anilines is 1. The minimum atomic E-state index is 0.191. The van der Waals surface area contributed by atoms with Crippen LogP contribution in [-0.4, -0.2) is 29.3 Å². The first-order chi connectivity index (χ1) is 7.79. The van der Waals surface area contributed by atoms with Crippen LogP contribution in [-0.2, 0) is 0 Å². The predicted molar refractivity (Wildman–Crippen MR) is 74.1 cm³/mol. The van der Waals surface area contributed by atoms with Gasteiger partial charge in [-0.05, 0) is 48.1 Å². The minimum absolute atomic E-state index is 0.191. The average Bonchev–Trinajstić information content (AvgIpc) is 2.82. The Balaban J connectivity index is 1.97. The molecular formula is C12H16BrNOS. The largest absolute Gasteiger partial charge is 0.394 e. The van der Waals surface area contributed by atoms with Gasteiger partial charge < -0.3 is 10.4 Å². The molecule has 1 fully saturated rings. The molecular weight excluding hydrogens is 286 g/mol. The summed E-state index contributed by atoms with van der Waals surface area (Å²) in [6.07, 6.45) is 1.21. The lowest BCUT2D eigenvalue weighted by Gasteiger charge is -2.23. The topological polar surface area (TPSA) is 32.3 Å². The van der Waals surface area contributed by atoms with Crippen LogP contribution < -0.4 is 5.32 Å². The van der Waals surface area contributed by atoms with Crippen LogP contribution in [0, 0.1) is 5.92 Å². The number of aliphatic hydroxyl groups excluding tert-OH is 1. The maximum atomic E-state index is 9.42. The van der Waals surface area contributed by atoms with Gasteiger partial charge in [-0.2, -0.15) is 11.8 Å². The van der Waals surface area contributed by atoms with E-state index in [0.29, 0.717) is 5.92 Å². The molecule has 2 N–H and O–H groups in total. The van der Waals surface area contributed by atoms with Crippen molar-refractivity contribution in [2.75, 3.05) is 23.4 Å². The number of thioether (sulfide) groups is 1. The van der Waals surface area contributed by atoms with Crippen LogP contribution in [0.4, 0.5) is 5.69 Å². The monoisotopic (exact) mass is 301 g/mol. The molecule has 0 saturated carbocycles. The quantitative estimate of drug-likeness (QED) is 0.897. The molecule has 2 nitrogen and oxygen atoms in total. The Morgan fingerprint density at radius 2 is 2.19 bits per heavy atom. The number of rotatable bonds is 4. The first-order valence-electron chi connectivity index (χ1n) is 5.50. The molecule has 4 heteroatoms. The Morgan fingerprint density at radius 1 is 1.44 bits per heavy atom. The highest BCUT2D eigenvalue weighted by Crippen LogP contribution is 2.28. The van der Waals surface area contributed by atoms with Crippen LogP contribution in [0.3, 0.4) is 0 Å². The molecule has 1 aromatic carbocycles. The summed E-state index contributed by atoms with van der Waals surface area (Å²) in [5, 5.41) is 12.8. The highest BCUT2D eigenvalue weighted by atomic mass is 79.9. The lowest BCUT2D eigenvalue weighted by molar-refractivity contribution is 0.245. The Labute approximate surface area is 109 Å². The van der Waals surface area contributed by atoms with E-state index in [1.165, 1.54) is 12.2 Å². The van der Waals surface area contributed by atoms with Gasteiger partial charge in [0.2, 0.25) is 0 Å². The van der Waals surface area contributed by atoms with E-state index in [0.717, 1.165) is 15.9 Å². The fourth-order valence-corrected chi connectivity index (χ4v) is 3.54. The molecule has 0 bridgehead atoms. The molecule has 16 heavy (non-hydrogen) atoms. The molecule has 2 unspecified atom stereocenters.